The van der Waals surface area contributed by atoms with E-state index < -0.39 is 0 Å². The summed E-state index contributed by atoms with van der Waals surface area (Å²) in [5.74, 6) is 3.43. The normalized spacial score (nSPS) is 23.0. The summed E-state index contributed by atoms with van der Waals surface area (Å²) in [6.07, 6.45) is 7.12. The molecule has 8 aromatic rings. The molecule has 4 saturated carbocycles. The molecule has 0 atom stereocenters. The largest absolute Gasteiger partial charge is 0.310 e. The van der Waals surface area contributed by atoms with Crippen LogP contribution < -0.4 is 4.90 Å². The lowest BCUT2D eigenvalue weighted by Crippen LogP contribution is -2.55. The van der Waals surface area contributed by atoms with Crippen molar-refractivity contribution in [2.75, 3.05) is 4.90 Å². The zero-order valence-electron chi connectivity index (χ0n) is 31.0. The number of rotatable bonds is 5. The number of hydrogen-bond donors (Lipinski definition) is 0. The third kappa shape index (κ3) is 4.72. The SMILES string of the molecule is c1ccc2c(c1)-c1ccc(-c3ccc(N(c4ccc(-c5ccc6ccccc6c5)cc4)c4cccc5ccccc45)cc3)cc1C21C2CC3CC(C2)CC1C3. The van der Waals surface area contributed by atoms with E-state index in [0.717, 1.165) is 35.0 Å². The van der Waals surface area contributed by atoms with Crippen LogP contribution in [0.1, 0.15) is 43.2 Å². The smallest absolute Gasteiger partial charge is 0.0540 e. The average molecular weight is 706 g/mol. The Hall–Kier alpha value is -5.92. The highest BCUT2D eigenvalue weighted by atomic mass is 15.1. The highest BCUT2D eigenvalue weighted by Gasteiger charge is 2.61. The molecule has 0 aliphatic heterocycles. The first kappa shape index (κ1) is 31.4. The molecular weight excluding hydrogens is 663 g/mol. The van der Waals surface area contributed by atoms with E-state index in [0.29, 0.717) is 0 Å². The van der Waals surface area contributed by atoms with Gasteiger partial charge in [0.1, 0.15) is 0 Å². The summed E-state index contributed by atoms with van der Waals surface area (Å²) in [6, 6.07) is 66.1. The van der Waals surface area contributed by atoms with Gasteiger partial charge in [0.15, 0.2) is 0 Å². The minimum Gasteiger partial charge on any atom is -0.310 e. The maximum Gasteiger partial charge on any atom is 0.0540 e. The maximum absolute atomic E-state index is 2.61. The van der Waals surface area contributed by atoms with Crippen LogP contribution in [0.15, 0.2) is 176 Å². The van der Waals surface area contributed by atoms with Crippen molar-refractivity contribution in [3.63, 3.8) is 0 Å². The van der Waals surface area contributed by atoms with Crippen molar-refractivity contribution in [1.29, 1.82) is 0 Å². The Kier molecular flexibility index (Phi) is 6.88. The molecule has 4 bridgehead atoms. The molecule has 8 aromatic carbocycles. The second-order valence-corrected chi connectivity index (χ2v) is 17.0. The molecule has 13 rings (SSSR count). The van der Waals surface area contributed by atoms with Crippen molar-refractivity contribution in [1.82, 2.24) is 0 Å². The van der Waals surface area contributed by atoms with Gasteiger partial charge in [-0.15, -0.1) is 0 Å². The van der Waals surface area contributed by atoms with Gasteiger partial charge in [0.05, 0.1) is 5.69 Å². The van der Waals surface area contributed by atoms with Gasteiger partial charge in [-0.1, -0.05) is 133 Å². The Morgan fingerprint density at radius 1 is 0.382 bits per heavy atom. The first-order valence-electron chi connectivity index (χ1n) is 20.4. The van der Waals surface area contributed by atoms with Gasteiger partial charge >= 0.3 is 0 Å². The molecule has 0 radical (unpaired) electrons. The van der Waals surface area contributed by atoms with Gasteiger partial charge in [-0.2, -0.15) is 0 Å². The van der Waals surface area contributed by atoms with Crippen LogP contribution in [0.25, 0.3) is 54.9 Å². The van der Waals surface area contributed by atoms with E-state index in [-0.39, 0.29) is 5.41 Å². The fourth-order valence-corrected chi connectivity index (χ4v) is 12.1. The standard InChI is InChI=1S/C54H43N/c1-2-10-41-33-42(17-16-37(41)8-1)38-18-23-46(24-19-38)55(53-15-7-11-40-9-3-4-12-48(40)53)47-25-20-39(21-26-47)43-22-27-50-49-13-5-6-14-51(49)54(52(50)34-43)44-29-35-28-36(31-44)32-45(54)30-35/h1-27,33-36,44-45H,28-32H2. The molecule has 1 heteroatoms. The molecule has 0 saturated heterocycles. The number of nitrogens with zero attached hydrogens (tertiary/aromatic N) is 1. The van der Waals surface area contributed by atoms with E-state index in [1.807, 2.05) is 0 Å². The Morgan fingerprint density at radius 3 is 1.65 bits per heavy atom. The molecule has 4 fully saturated rings. The van der Waals surface area contributed by atoms with Gasteiger partial charge < -0.3 is 4.90 Å². The number of anilines is 3. The van der Waals surface area contributed by atoms with Crippen LogP contribution in [0.2, 0.25) is 0 Å². The lowest BCUT2D eigenvalue weighted by molar-refractivity contribution is -0.0399. The lowest BCUT2D eigenvalue weighted by Gasteiger charge is -2.61. The second-order valence-electron chi connectivity index (χ2n) is 17.0. The first-order chi connectivity index (χ1) is 27.2. The predicted octanol–water partition coefficient (Wildman–Crippen LogP) is 14.5. The molecule has 0 N–H and O–H groups in total. The molecule has 1 spiro atoms. The Balaban J connectivity index is 0.943. The predicted molar refractivity (Wildman–Crippen MR) is 230 cm³/mol. The quantitative estimate of drug-likeness (QED) is 0.172. The molecule has 0 heterocycles. The summed E-state index contributed by atoms with van der Waals surface area (Å²) < 4.78 is 0. The summed E-state index contributed by atoms with van der Waals surface area (Å²) in [5.41, 5.74) is 15.0. The molecule has 0 unspecified atom stereocenters. The summed E-state index contributed by atoms with van der Waals surface area (Å²) in [7, 11) is 0. The van der Waals surface area contributed by atoms with E-state index in [2.05, 4.69) is 181 Å². The monoisotopic (exact) mass is 705 g/mol. The van der Waals surface area contributed by atoms with E-state index in [9.17, 15) is 0 Å². The average Bonchev–Trinajstić information content (AvgIpc) is 3.53. The van der Waals surface area contributed by atoms with Crippen molar-refractivity contribution in [2.45, 2.75) is 37.5 Å². The third-order valence-electron chi connectivity index (χ3n) is 14.2. The summed E-state index contributed by atoms with van der Waals surface area (Å²) >= 11 is 0. The fraction of sp³-hybridized carbons (Fsp3) is 0.185. The highest BCUT2D eigenvalue weighted by molar-refractivity contribution is 5.99. The van der Waals surface area contributed by atoms with Crippen LogP contribution in [0.4, 0.5) is 17.1 Å². The van der Waals surface area contributed by atoms with Crippen LogP contribution in [0.3, 0.4) is 0 Å². The topological polar surface area (TPSA) is 3.24 Å². The minimum atomic E-state index is 0.180. The summed E-state index contributed by atoms with van der Waals surface area (Å²) in [5, 5.41) is 5.02. The molecule has 5 aliphatic rings. The van der Waals surface area contributed by atoms with Gasteiger partial charge in [-0.05, 0) is 159 Å². The molecule has 0 amide bonds. The zero-order valence-corrected chi connectivity index (χ0v) is 31.0. The second kappa shape index (κ2) is 12.0. The molecule has 264 valence electrons. The summed E-state index contributed by atoms with van der Waals surface area (Å²) in [4.78, 5) is 2.43. The van der Waals surface area contributed by atoms with Gasteiger partial charge in [-0.25, -0.2) is 0 Å². The molecular formula is C54H43N. The Labute approximate surface area is 323 Å². The molecule has 1 nitrogen and oxygen atoms in total. The van der Waals surface area contributed by atoms with Crippen LogP contribution in [-0.2, 0) is 5.41 Å². The van der Waals surface area contributed by atoms with Crippen LogP contribution in [-0.4, -0.2) is 0 Å². The number of hydrogen-bond acceptors (Lipinski definition) is 1. The van der Waals surface area contributed by atoms with Gasteiger partial charge in [-0.3, -0.25) is 0 Å². The van der Waals surface area contributed by atoms with Crippen LogP contribution in [0, 0.1) is 23.7 Å². The molecule has 5 aliphatic carbocycles. The summed E-state index contributed by atoms with van der Waals surface area (Å²) in [6.45, 7) is 0. The van der Waals surface area contributed by atoms with Crippen molar-refractivity contribution in [3.8, 4) is 33.4 Å². The van der Waals surface area contributed by atoms with Gasteiger partial charge in [0.25, 0.3) is 0 Å². The molecule has 0 aromatic heterocycles. The van der Waals surface area contributed by atoms with Crippen LogP contribution >= 0.6 is 0 Å². The van der Waals surface area contributed by atoms with Crippen LogP contribution in [0.5, 0.6) is 0 Å². The van der Waals surface area contributed by atoms with Crippen molar-refractivity contribution < 1.29 is 0 Å². The number of fused-ring (bicyclic) bond motifs is 5. The Morgan fingerprint density at radius 2 is 0.927 bits per heavy atom. The maximum atomic E-state index is 2.61. The van der Waals surface area contributed by atoms with E-state index >= 15 is 0 Å². The molecule has 55 heavy (non-hydrogen) atoms. The number of benzene rings is 8. The lowest BCUT2D eigenvalue weighted by atomic mass is 9.43. The first-order valence-corrected chi connectivity index (χ1v) is 20.4. The highest BCUT2D eigenvalue weighted by Crippen LogP contribution is 2.69. The van der Waals surface area contributed by atoms with Gasteiger partial charge in [0.2, 0.25) is 0 Å². The van der Waals surface area contributed by atoms with E-state index in [1.54, 1.807) is 11.1 Å². The third-order valence-corrected chi connectivity index (χ3v) is 14.2. The van der Waals surface area contributed by atoms with Gasteiger partial charge in [0, 0.05) is 22.2 Å². The Bertz CT molecular complexity index is 2740. The van der Waals surface area contributed by atoms with E-state index in [4.69, 9.17) is 0 Å². The van der Waals surface area contributed by atoms with Crippen molar-refractivity contribution in [3.05, 3.63) is 187 Å². The zero-order chi connectivity index (χ0) is 36.1. The fourth-order valence-electron chi connectivity index (χ4n) is 12.1. The van der Waals surface area contributed by atoms with E-state index in [1.165, 1.54) is 92.7 Å². The van der Waals surface area contributed by atoms with Crippen molar-refractivity contribution >= 4 is 38.6 Å². The minimum absolute atomic E-state index is 0.180. The van der Waals surface area contributed by atoms with Crippen molar-refractivity contribution in [2.24, 2.45) is 23.7 Å².